The summed E-state index contributed by atoms with van der Waals surface area (Å²) in [5.74, 6) is 8.27. The number of hydrogen-bond acceptors (Lipinski definition) is 12. The highest BCUT2D eigenvalue weighted by molar-refractivity contribution is 8.76. The first-order valence-electron chi connectivity index (χ1n) is 25.0. The molecule has 3 heterocycles. The highest BCUT2D eigenvalue weighted by atomic mass is 33.1. The second-order valence-electron chi connectivity index (χ2n) is 19.7. The van der Waals surface area contributed by atoms with E-state index in [4.69, 9.17) is 15.2 Å². The molecule has 5 aliphatic rings. The van der Waals surface area contributed by atoms with Crippen LogP contribution in [-0.4, -0.2) is 105 Å². The van der Waals surface area contributed by atoms with Crippen LogP contribution < -0.4 is 15.8 Å². The number of fused-ring (bicyclic) bond motifs is 5. The number of nitrogens with two attached hydrogens (primary N) is 1. The van der Waals surface area contributed by atoms with Gasteiger partial charge in [-0.2, -0.15) is 0 Å². The van der Waals surface area contributed by atoms with E-state index in [1.54, 1.807) is 21.6 Å². The van der Waals surface area contributed by atoms with Gasteiger partial charge in [-0.05, 0) is 123 Å². The molecule has 0 bridgehead atoms. The maximum Gasteiger partial charge on any atom is 0.161 e. The predicted octanol–water partition coefficient (Wildman–Crippen LogP) is 7.33. The van der Waals surface area contributed by atoms with Crippen molar-refractivity contribution in [2.45, 2.75) is 114 Å². The van der Waals surface area contributed by atoms with Crippen molar-refractivity contribution in [3.63, 3.8) is 0 Å². The van der Waals surface area contributed by atoms with Crippen LogP contribution in [0.1, 0.15) is 93.0 Å². The van der Waals surface area contributed by atoms with E-state index >= 15 is 0 Å². The third kappa shape index (κ3) is 11.8. The van der Waals surface area contributed by atoms with Gasteiger partial charge in [-0.25, -0.2) is 0 Å². The van der Waals surface area contributed by atoms with Gasteiger partial charge in [0.05, 0.1) is 31.5 Å². The Morgan fingerprint density at radius 2 is 1.81 bits per heavy atom. The number of aromatic hydroxyl groups is 1. The summed E-state index contributed by atoms with van der Waals surface area (Å²) in [5, 5.41) is 71.2. The molecular weight excluding hydrogens is 895 g/mol. The summed E-state index contributed by atoms with van der Waals surface area (Å²) in [6.07, 6.45) is 12.1. The fraction of sp³-hybridized carbons (Fsp3) is 0.564. The van der Waals surface area contributed by atoms with Crippen LogP contribution in [0.5, 0.6) is 11.5 Å². The van der Waals surface area contributed by atoms with Crippen LogP contribution in [-0.2, 0) is 24.0 Å². The molecule has 2 aliphatic heterocycles. The molecule has 0 saturated carbocycles. The van der Waals surface area contributed by atoms with Gasteiger partial charge in [0.1, 0.15) is 11.9 Å². The number of aromatic amines is 1. The molecule has 8 rings (SSSR count). The van der Waals surface area contributed by atoms with Crippen molar-refractivity contribution in [3.05, 3.63) is 118 Å². The topological polar surface area (TPSA) is 194 Å². The molecule has 11 atom stereocenters. The number of phenolic OH excluding ortho intramolecular Hbond substituents is 1. The van der Waals surface area contributed by atoms with Crippen molar-refractivity contribution < 1.29 is 40.1 Å². The lowest BCUT2D eigenvalue weighted by molar-refractivity contribution is -0.0605. The summed E-state index contributed by atoms with van der Waals surface area (Å²) >= 11 is 0. The molecule has 3 aromatic rings. The first kappa shape index (κ1) is 50.5. The molecule has 1 fully saturated rings. The zero-order valence-electron chi connectivity index (χ0n) is 39.5. The number of aliphatic hydroxyl groups is 5. The van der Waals surface area contributed by atoms with Gasteiger partial charge in [0.2, 0.25) is 0 Å². The highest BCUT2D eigenvalue weighted by Gasteiger charge is 2.44. The van der Waals surface area contributed by atoms with Crippen molar-refractivity contribution in [1.29, 1.82) is 0 Å². The van der Waals surface area contributed by atoms with Crippen LogP contribution in [0.15, 0.2) is 95.5 Å². The number of phenols is 1. The van der Waals surface area contributed by atoms with Gasteiger partial charge >= 0.3 is 0 Å². The maximum absolute atomic E-state index is 12.6. The number of dihydropyridines is 1. The molecule has 68 heavy (non-hydrogen) atoms. The lowest BCUT2D eigenvalue weighted by Gasteiger charge is -2.37. The third-order valence-electron chi connectivity index (χ3n) is 15.5. The van der Waals surface area contributed by atoms with E-state index < -0.39 is 29.6 Å². The maximum atomic E-state index is 12.6. The van der Waals surface area contributed by atoms with Crippen molar-refractivity contribution >= 4 is 21.6 Å². The Labute approximate surface area is 410 Å². The van der Waals surface area contributed by atoms with Gasteiger partial charge in [0.25, 0.3) is 0 Å². The molecule has 13 heteroatoms. The summed E-state index contributed by atoms with van der Waals surface area (Å²) in [6.45, 7) is 2.66. The van der Waals surface area contributed by atoms with E-state index in [0.717, 1.165) is 72.9 Å². The fourth-order valence-electron chi connectivity index (χ4n) is 11.8. The number of aliphatic hydroxyl groups excluding tert-OH is 5. The summed E-state index contributed by atoms with van der Waals surface area (Å²) in [5.41, 5.74) is 13.9. The van der Waals surface area contributed by atoms with E-state index in [1.807, 2.05) is 30.5 Å². The number of benzene rings is 2. The number of hydrogen-bond donors (Lipinski definition) is 9. The highest BCUT2D eigenvalue weighted by Crippen LogP contribution is 2.51. The summed E-state index contributed by atoms with van der Waals surface area (Å²) in [6, 6.07) is 18.3. The zero-order valence-corrected chi connectivity index (χ0v) is 41.2. The van der Waals surface area contributed by atoms with Crippen LogP contribution in [0.25, 0.3) is 0 Å². The molecule has 3 aliphatic carbocycles. The number of nitrogens with one attached hydrogen (secondary N) is 2. The number of H-pyrrole nitrogens is 1. The molecule has 2 aromatic carbocycles. The molecule has 0 radical (unpaired) electrons. The quantitative estimate of drug-likeness (QED) is 0.0445. The minimum absolute atomic E-state index is 0.00719. The van der Waals surface area contributed by atoms with Gasteiger partial charge in [-0.3, -0.25) is 0 Å². The Kier molecular flexibility index (Phi) is 17.7. The second kappa shape index (κ2) is 23.8. The minimum atomic E-state index is -1.05. The summed E-state index contributed by atoms with van der Waals surface area (Å²) in [4.78, 5) is 3.37. The third-order valence-corrected chi connectivity index (χ3v) is 17.9. The molecule has 1 aromatic heterocycles. The average Bonchev–Trinajstić information content (AvgIpc) is 3.80. The van der Waals surface area contributed by atoms with Crippen LogP contribution in [0.2, 0.25) is 0 Å². The van der Waals surface area contributed by atoms with E-state index in [-0.39, 0.29) is 73.6 Å². The Bertz CT molecular complexity index is 2280. The average molecular weight is 968 g/mol. The standard InChI is InChI=1S/C55H73N3O8S2/c1-2-36-25-38-28-47(62)50(66-51-29-39(26-41-11-8-20-57-41)42-15-21-58-54(56)46(42)34-68-67-33-40(32-61)53(51)64)31-44(38)45-30-48(63)52-37(27-43(36)45)14-18-55(19-22-59,17-13-35-9-4-3-5-10-35)16-7-6-12-49(52)65-24-23-60/h3-5,8-11,15,20,27-28,31,36-37,39-40,45,48-49,51-53,57-64H,2,6-7,12-13,16-17,19,21-26,29-30,32-34,56H2,1H3. The van der Waals surface area contributed by atoms with Crippen molar-refractivity contribution in [3.8, 4) is 23.3 Å². The van der Waals surface area contributed by atoms with Crippen LogP contribution in [0, 0.1) is 46.8 Å². The number of rotatable bonds is 14. The van der Waals surface area contributed by atoms with Crippen molar-refractivity contribution in [2.24, 2.45) is 40.7 Å². The first-order chi connectivity index (χ1) is 33.1. The minimum Gasteiger partial charge on any atom is -0.504 e. The summed E-state index contributed by atoms with van der Waals surface area (Å²) < 4.78 is 13.4. The SMILES string of the molecule is CCC1Cc2cc(O)c(OC3CC(Cc4ccc[nH]4)C4=CCNC(N)=C4CSSCC(CO)C3O)cc2C2CC(O)C3C(C#CC(CCO)(CCc4ccccc4)CCCCC3OCCO)C=C12. The van der Waals surface area contributed by atoms with E-state index in [0.29, 0.717) is 56.0 Å². The van der Waals surface area contributed by atoms with Crippen LogP contribution >= 0.6 is 21.6 Å². The van der Waals surface area contributed by atoms with Gasteiger partial charge in [-0.1, -0.05) is 101 Å². The molecule has 0 amide bonds. The zero-order chi connectivity index (χ0) is 47.6. The number of ether oxygens (including phenoxy) is 2. The lowest BCUT2D eigenvalue weighted by Crippen LogP contribution is -2.42. The molecule has 11 unspecified atom stereocenters. The van der Waals surface area contributed by atoms with Crippen LogP contribution in [0.4, 0.5) is 0 Å². The van der Waals surface area contributed by atoms with E-state index in [9.17, 15) is 30.6 Å². The molecule has 1 saturated heterocycles. The second-order valence-corrected chi connectivity index (χ2v) is 22.2. The van der Waals surface area contributed by atoms with Crippen LogP contribution in [0.3, 0.4) is 0 Å². The van der Waals surface area contributed by atoms with E-state index in [2.05, 4.69) is 71.5 Å². The molecule has 11 nitrogen and oxygen atoms in total. The Balaban J connectivity index is 1.18. The number of allylic oxidation sites excluding steroid dienone is 3. The number of aryl methyl sites for hydroxylation is 1. The molecule has 368 valence electrons. The van der Waals surface area contributed by atoms with Gasteiger partial charge < -0.3 is 56.1 Å². The normalized spacial score (nSPS) is 31.1. The largest absolute Gasteiger partial charge is 0.504 e. The Morgan fingerprint density at radius 1 is 0.956 bits per heavy atom. The van der Waals surface area contributed by atoms with Crippen molar-refractivity contribution in [1.82, 2.24) is 10.3 Å². The lowest BCUT2D eigenvalue weighted by atomic mass is 9.70. The molecular formula is C55H73N3O8S2. The fourth-order valence-corrected chi connectivity index (χ4v) is 14.3. The number of aromatic nitrogens is 1. The Hall–Kier alpha value is -3.84. The van der Waals surface area contributed by atoms with Gasteiger partial charge in [0.15, 0.2) is 11.5 Å². The van der Waals surface area contributed by atoms with E-state index in [1.165, 1.54) is 11.1 Å². The molecule has 10 N–H and O–H groups in total. The predicted molar refractivity (Wildman–Crippen MR) is 272 cm³/mol. The smallest absolute Gasteiger partial charge is 0.161 e. The first-order valence-corrected chi connectivity index (χ1v) is 27.5. The Morgan fingerprint density at radius 3 is 2.57 bits per heavy atom. The van der Waals surface area contributed by atoms with Crippen molar-refractivity contribution in [2.75, 3.05) is 44.5 Å². The summed E-state index contributed by atoms with van der Waals surface area (Å²) in [7, 11) is 3.26. The van der Waals surface area contributed by atoms with Gasteiger partial charge in [-0.15, -0.1) is 0 Å². The van der Waals surface area contributed by atoms with Gasteiger partial charge in [0, 0.05) is 77.8 Å². The monoisotopic (exact) mass is 967 g/mol. The molecule has 0 spiro atoms.